The minimum atomic E-state index is -1.97. The van der Waals surface area contributed by atoms with Crippen molar-refractivity contribution in [2.45, 2.75) is 57.5 Å². The predicted molar refractivity (Wildman–Crippen MR) is 167 cm³/mol. The van der Waals surface area contributed by atoms with Crippen molar-refractivity contribution in [1.82, 2.24) is 14.9 Å². The molecule has 0 radical (unpaired) electrons. The van der Waals surface area contributed by atoms with E-state index in [1.807, 2.05) is 42.5 Å². The van der Waals surface area contributed by atoms with Gasteiger partial charge in [0.1, 0.15) is 10.9 Å². The van der Waals surface area contributed by atoms with Gasteiger partial charge in [-0.15, -0.1) is 0 Å². The number of hydrogen-bond donors (Lipinski definition) is 2. The van der Waals surface area contributed by atoms with Crippen LogP contribution in [-0.2, 0) is 14.0 Å². The molecule has 2 aliphatic rings. The number of carbonyl (C=O) groups is 2. The van der Waals surface area contributed by atoms with Gasteiger partial charge in [-0.25, -0.2) is 0 Å². The second-order valence-electron chi connectivity index (χ2n) is 12.3. The van der Waals surface area contributed by atoms with Gasteiger partial charge in [0.25, 0.3) is 11.8 Å². The Hall–Kier alpha value is -3.59. The number of H-pyrrole nitrogens is 1. The number of nitrogens with one attached hydrogen (secondary N) is 2. The lowest BCUT2D eigenvalue weighted by Crippen LogP contribution is -2.43. The van der Waals surface area contributed by atoms with Crippen LogP contribution < -0.4 is 10.1 Å². The molecular weight excluding hydrogens is 554 g/mol. The number of halogens is 1. The van der Waals surface area contributed by atoms with Crippen LogP contribution in [0.25, 0.3) is 33.0 Å². The number of methoxy groups -OCH3 is 1. The molecule has 3 heterocycles. The molecule has 0 fully saturated rings. The Bertz CT molecular complexity index is 1790. The standard InChI is InChI=1S/C32H34ClN3O4Si/c1-32(2,3)41(5,6)40-20-12-11-18(15-20)36-25-10-8-7-9-21(25)26(29(36)33)28-27(30(37)35-31(28)38)23-17-34-24-14-13-19(39-4)16-22(23)24/h7-14,16-18,20,34H,15H2,1-6H3,(H,35,37,38)/t18-,20+/m1/s1. The molecule has 2 aromatic carbocycles. The molecule has 4 aromatic rings. The number of imide groups is 1. The highest BCUT2D eigenvalue weighted by Gasteiger charge is 2.41. The Kier molecular flexibility index (Phi) is 6.56. The summed E-state index contributed by atoms with van der Waals surface area (Å²) in [5, 5.41) is 4.64. The summed E-state index contributed by atoms with van der Waals surface area (Å²) >= 11 is 7.21. The van der Waals surface area contributed by atoms with Gasteiger partial charge in [0.05, 0.1) is 35.9 Å². The number of carbonyl (C=O) groups excluding carboxylic acids is 2. The summed E-state index contributed by atoms with van der Waals surface area (Å²) in [5.74, 6) is -0.263. The first-order valence-corrected chi connectivity index (χ1v) is 17.1. The maximum absolute atomic E-state index is 13.5. The molecule has 1 aliphatic carbocycles. The average Bonchev–Trinajstić information content (AvgIpc) is 3.66. The number of nitrogens with zero attached hydrogens (tertiary/aromatic N) is 1. The Morgan fingerprint density at radius 1 is 1.00 bits per heavy atom. The molecule has 6 rings (SSSR count). The lowest BCUT2D eigenvalue weighted by molar-refractivity contribution is -0.122. The highest BCUT2D eigenvalue weighted by molar-refractivity contribution is 6.74. The van der Waals surface area contributed by atoms with E-state index in [-0.39, 0.29) is 22.8 Å². The Balaban J connectivity index is 1.49. The summed E-state index contributed by atoms with van der Waals surface area (Å²) in [7, 11) is -0.378. The van der Waals surface area contributed by atoms with Crippen molar-refractivity contribution < 1.29 is 18.8 Å². The molecule has 9 heteroatoms. The average molecular weight is 588 g/mol. The van der Waals surface area contributed by atoms with Crippen molar-refractivity contribution in [2.75, 3.05) is 7.11 Å². The second-order valence-corrected chi connectivity index (χ2v) is 17.4. The van der Waals surface area contributed by atoms with E-state index in [1.54, 1.807) is 13.3 Å². The smallest absolute Gasteiger partial charge is 0.259 e. The molecule has 2 amide bonds. The molecule has 0 unspecified atom stereocenters. The molecule has 7 nitrogen and oxygen atoms in total. The number of benzene rings is 2. The van der Waals surface area contributed by atoms with Crippen molar-refractivity contribution >= 4 is 64.7 Å². The molecule has 1 aliphatic heterocycles. The quantitative estimate of drug-likeness (QED) is 0.141. The minimum Gasteiger partial charge on any atom is -0.497 e. The molecule has 0 spiro atoms. The summed E-state index contributed by atoms with van der Waals surface area (Å²) in [6.45, 7) is 11.2. The number of allylic oxidation sites excluding steroid dienone is 1. The van der Waals surface area contributed by atoms with Gasteiger partial charge in [-0.2, -0.15) is 0 Å². The molecule has 2 atom stereocenters. The largest absolute Gasteiger partial charge is 0.497 e. The fraction of sp³-hybridized carbons (Fsp3) is 0.312. The van der Waals surface area contributed by atoms with E-state index in [4.69, 9.17) is 20.8 Å². The van der Waals surface area contributed by atoms with Gasteiger partial charge in [-0.3, -0.25) is 14.9 Å². The van der Waals surface area contributed by atoms with Crippen LogP contribution in [-0.4, -0.2) is 42.9 Å². The maximum Gasteiger partial charge on any atom is 0.259 e. The molecule has 41 heavy (non-hydrogen) atoms. The summed E-state index contributed by atoms with van der Waals surface area (Å²) < 4.78 is 14.2. The van der Waals surface area contributed by atoms with Gasteiger partial charge in [-0.1, -0.05) is 62.7 Å². The number of aromatic amines is 1. The van der Waals surface area contributed by atoms with Crippen LogP contribution in [0.2, 0.25) is 23.3 Å². The first-order valence-electron chi connectivity index (χ1n) is 13.8. The van der Waals surface area contributed by atoms with Gasteiger partial charge in [0.15, 0.2) is 8.32 Å². The van der Waals surface area contributed by atoms with Crippen molar-refractivity contribution in [1.29, 1.82) is 0 Å². The minimum absolute atomic E-state index is 0.0195. The topological polar surface area (TPSA) is 85.3 Å². The van der Waals surface area contributed by atoms with E-state index >= 15 is 0 Å². The third-order valence-corrected chi connectivity index (χ3v) is 13.7. The molecule has 0 bridgehead atoms. The van der Waals surface area contributed by atoms with Crippen LogP contribution in [0.1, 0.15) is 44.4 Å². The number of amides is 2. The number of aromatic nitrogens is 2. The first kappa shape index (κ1) is 27.6. The highest BCUT2D eigenvalue weighted by Crippen LogP contribution is 2.46. The van der Waals surface area contributed by atoms with Crippen molar-refractivity contribution in [3.8, 4) is 5.75 Å². The lowest BCUT2D eigenvalue weighted by Gasteiger charge is -2.38. The molecule has 2 aromatic heterocycles. The fourth-order valence-corrected chi connectivity index (χ4v) is 7.36. The van der Waals surface area contributed by atoms with E-state index < -0.39 is 20.1 Å². The van der Waals surface area contributed by atoms with E-state index in [2.05, 4.69) is 60.9 Å². The van der Waals surface area contributed by atoms with Crippen LogP contribution in [0, 0.1) is 0 Å². The molecule has 0 saturated heterocycles. The van der Waals surface area contributed by atoms with Gasteiger partial charge in [0, 0.05) is 40.0 Å². The van der Waals surface area contributed by atoms with Crippen LogP contribution >= 0.6 is 11.6 Å². The van der Waals surface area contributed by atoms with E-state index in [0.29, 0.717) is 27.6 Å². The Morgan fingerprint density at radius 2 is 1.73 bits per heavy atom. The van der Waals surface area contributed by atoms with Crippen LogP contribution in [0.4, 0.5) is 0 Å². The van der Waals surface area contributed by atoms with Crippen LogP contribution in [0.5, 0.6) is 5.75 Å². The van der Waals surface area contributed by atoms with Crippen LogP contribution in [0.15, 0.2) is 60.8 Å². The summed E-state index contributed by atoms with van der Waals surface area (Å²) in [6, 6.07) is 13.4. The number of ether oxygens (including phenoxy) is 1. The van der Waals surface area contributed by atoms with E-state index in [9.17, 15) is 9.59 Å². The third-order valence-electron chi connectivity index (χ3n) is 8.80. The zero-order valence-corrected chi connectivity index (χ0v) is 25.8. The Labute approximate surface area is 245 Å². The monoisotopic (exact) mass is 587 g/mol. The van der Waals surface area contributed by atoms with Gasteiger partial charge in [-0.05, 0) is 42.4 Å². The maximum atomic E-state index is 13.5. The molecule has 0 saturated carbocycles. The molecule has 2 N–H and O–H groups in total. The fourth-order valence-electron chi connectivity index (χ4n) is 5.66. The van der Waals surface area contributed by atoms with Gasteiger partial charge >= 0.3 is 0 Å². The number of hydrogen-bond acceptors (Lipinski definition) is 4. The normalized spacial score (nSPS) is 19.7. The summed E-state index contributed by atoms with van der Waals surface area (Å²) in [6.07, 6.45) is 6.75. The van der Waals surface area contributed by atoms with Gasteiger partial charge < -0.3 is 18.7 Å². The molecule has 212 valence electrons. The lowest BCUT2D eigenvalue weighted by atomic mass is 9.95. The number of fused-ring (bicyclic) bond motifs is 2. The van der Waals surface area contributed by atoms with Crippen molar-refractivity contribution in [2.24, 2.45) is 0 Å². The Morgan fingerprint density at radius 3 is 2.46 bits per heavy atom. The van der Waals surface area contributed by atoms with E-state index in [1.165, 1.54) is 0 Å². The SMILES string of the molecule is COc1ccc2[nH]cc(C3=C(c4c(Cl)n([C@@H]5C=C[C@H](O[Si](C)(C)C(C)(C)C)C5)c5ccccc45)C(=O)NC3=O)c2c1. The van der Waals surface area contributed by atoms with E-state index in [0.717, 1.165) is 28.2 Å². The number of para-hydroxylation sites is 1. The third kappa shape index (κ3) is 4.45. The van der Waals surface area contributed by atoms with Crippen LogP contribution in [0.3, 0.4) is 0 Å². The second kappa shape index (κ2) is 9.75. The summed E-state index contributed by atoms with van der Waals surface area (Å²) in [5.41, 5.74) is 3.47. The zero-order chi connectivity index (χ0) is 29.3. The first-order chi connectivity index (χ1) is 19.4. The molecular formula is C32H34ClN3O4Si. The van der Waals surface area contributed by atoms with Crippen molar-refractivity contribution in [3.63, 3.8) is 0 Å². The predicted octanol–water partition coefficient (Wildman–Crippen LogP) is 7.24. The van der Waals surface area contributed by atoms with Crippen molar-refractivity contribution in [3.05, 3.63) is 77.1 Å². The summed E-state index contributed by atoms with van der Waals surface area (Å²) in [4.78, 5) is 30.0. The highest BCUT2D eigenvalue weighted by atomic mass is 35.5. The zero-order valence-electron chi connectivity index (χ0n) is 24.1. The number of rotatable bonds is 6. The van der Waals surface area contributed by atoms with Gasteiger partial charge in [0.2, 0.25) is 0 Å².